The van der Waals surface area contributed by atoms with Crippen molar-refractivity contribution in [3.63, 3.8) is 0 Å². The van der Waals surface area contributed by atoms with Crippen LogP contribution in [0.3, 0.4) is 0 Å². The van der Waals surface area contributed by atoms with Gasteiger partial charge in [-0.05, 0) is 62.7 Å². The molecular weight excluding hydrogens is 438 g/mol. The van der Waals surface area contributed by atoms with E-state index < -0.39 is 5.66 Å². The number of hydrogen-bond acceptors (Lipinski definition) is 5. The minimum absolute atomic E-state index is 0.346. The first-order chi connectivity index (χ1) is 16.9. The van der Waals surface area contributed by atoms with Gasteiger partial charge in [0.1, 0.15) is 5.71 Å². The third kappa shape index (κ3) is 4.62. The van der Waals surface area contributed by atoms with Gasteiger partial charge in [0.25, 0.3) is 0 Å². The second kappa shape index (κ2) is 10.0. The summed E-state index contributed by atoms with van der Waals surface area (Å²) in [6.07, 6.45) is 0. The van der Waals surface area contributed by atoms with Gasteiger partial charge in [-0.25, -0.2) is 0 Å². The third-order valence-corrected chi connectivity index (χ3v) is 6.16. The van der Waals surface area contributed by atoms with Crippen LogP contribution in [-0.2, 0) is 9.59 Å². The number of aryl methyl sites for hydroxylation is 1. The molecule has 1 heterocycles. The molecule has 0 saturated carbocycles. The number of hydrazone groups is 1. The van der Waals surface area contributed by atoms with Crippen LogP contribution in [0.15, 0.2) is 84.0 Å². The lowest BCUT2D eigenvalue weighted by Gasteiger charge is -2.32. The molecule has 4 rings (SSSR count). The fraction of sp³-hybridized carbons (Fsp3) is 0.250. The molecule has 3 aromatic carbocycles. The van der Waals surface area contributed by atoms with Crippen molar-refractivity contribution < 1.29 is 9.59 Å². The molecule has 0 bridgehead atoms. The van der Waals surface area contributed by atoms with Crippen LogP contribution in [0, 0.1) is 6.92 Å². The first-order valence-corrected chi connectivity index (χ1v) is 11.9. The van der Waals surface area contributed by atoms with Crippen molar-refractivity contribution >= 4 is 34.6 Å². The number of benzene rings is 3. The number of anilines is 3. The van der Waals surface area contributed by atoms with Crippen LogP contribution in [0.5, 0.6) is 0 Å². The number of carbonyl (C=O) groups is 2. The molecule has 1 unspecified atom stereocenters. The van der Waals surface area contributed by atoms with Gasteiger partial charge in [0, 0.05) is 37.0 Å². The molecule has 7 heteroatoms. The normalized spacial score (nSPS) is 17.2. The van der Waals surface area contributed by atoms with Gasteiger partial charge < -0.3 is 15.5 Å². The Kier molecular flexibility index (Phi) is 6.87. The van der Waals surface area contributed by atoms with E-state index in [0.29, 0.717) is 17.1 Å². The topological polar surface area (TPSA) is 77.0 Å². The summed E-state index contributed by atoms with van der Waals surface area (Å²) in [4.78, 5) is 28.8. The van der Waals surface area contributed by atoms with E-state index in [-0.39, 0.29) is 11.8 Å². The highest BCUT2D eigenvalue weighted by Gasteiger charge is 2.53. The van der Waals surface area contributed by atoms with Crippen LogP contribution in [0.25, 0.3) is 0 Å². The number of hydrogen-bond donors (Lipinski definition) is 2. The Hall–Kier alpha value is -4.13. The summed E-state index contributed by atoms with van der Waals surface area (Å²) >= 11 is 0. The maximum Gasteiger partial charge on any atom is 0.300 e. The lowest BCUT2D eigenvalue weighted by atomic mass is 9.93. The third-order valence-electron chi connectivity index (χ3n) is 6.16. The molecule has 2 N–H and O–H groups in total. The van der Waals surface area contributed by atoms with Crippen molar-refractivity contribution in [2.75, 3.05) is 28.3 Å². The van der Waals surface area contributed by atoms with Crippen molar-refractivity contribution in [2.45, 2.75) is 33.4 Å². The zero-order valence-electron chi connectivity index (χ0n) is 20.6. The first-order valence-electron chi connectivity index (χ1n) is 11.9. The molecule has 0 saturated heterocycles. The Morgan fingerprint density at radius 1 is 0.943 bits per heavy atom. The second-order valence-electron chi connectivity index (χ2n) is 8.49. The van der Waals surface area contributed by atoms with Crippen LogP contribution in [0.1, 0.15) is 31.9 Å². The summed E-state index contributed by atoms with van der Waals surface area (Å²) < 4.78 is 0. The molecule has 1 atom stereocenters. The fourth-order valence-corrected chi connectivity index (χ4v) is 4.40. The lowest BCUT2D eigenvalue weighted by Crippen LogP contribution is -2.64. The zero-order chi connectivity index (χ0) is 25.0. The Morgan fingerprint density at radius 3 is 2.17 bits per heavy atom. The summed E-state index contributed by atoms with van der Waals surface area (Å²) in [6.45, 7) is 9.39. The Morgan fingerprint density at radius 2 is 1.57 bits per heavy atom. The highest BCUT2D eigenvalue weighted by Crippen LogP contribution is 2.32. The van der Waals surface area contributed by atoms with E-state index >= 15 is 0 Å². The number of nitrogens with zero attached hydrogens (tertiary/aromatic N) is 3. The van der Waals surface area contributed by atoms with Crippen LogP contribution in [-0.4, -0.2) is 36.3 Å². The second-order valence-corrected chi connectivity index (χ2v) is 8.49. The molecule has 180 valence electrons. The van der Waals surface area contributed by atoms with E-state index in [1.54, 1.807) is 0 Å². The molecular formula is C28H31N5O2. The summed E-state index contributed by atoms with van der Waals surface area (Å²) in [5.41, 5.74) is 2.99. The van der Waals surface area contributed by atoms with Gasteiger partial charge in [0.15, 0.2) is 0 Å². The average Bonchev–Trinajstić information content (AvgIpc) is 3.13. The van der Waals surface area contributed by atoms with E-state index in [2.05, 4.69) is 29.4 Å². The van der Waals surface area contributed by atoms with Gasteiger partial charge in [-0.1, -0.05) is 42.5 Å². The number of amides is 2. The minimum Gasteiger partial charge on any atom is -0.372 e. The number of nitrogens with one attached hydrogen (secondary N) is 2. The van der Waals surface area contributed by atoms with Crippen molar-refractivity contribution in [3.05, 3.63) is 90.0 Å². The quantitative estimate of drug-likeness (QED) is 0.475. The van der Waals surface area contributed by atoms with Crippen molar-refractivity contribution in [2.24, 2.45) is 5.10 Å². The fourth-order valence-electron chi connectivity index (χ4n) is 4.40. The van der Waals surface area contributed by atoms with E-state index in [1.807, 2.05) is 85.8 Å². The Bertz CT molecular complexity index is 1240. The maximum absolute atomic E-state index is 14.1. The number of para-hydroxylation sites is 1. The Balaban J connectivity index is 1.84. The van der Waals surface area contributed by atoms with Crippen molar-refractivity contribution in [1.82, 2.24) is 5.32 Å². The van der Waals surface area contributed by atoms with Crippen LogP contribution in [0.4, 0.5) is 17.1 Å². The maximum atomic E-state index is 14.1. The molecule has 0 fully saturated rings. The molecule has 0 radical (unpaired) electrons. The highest BCUT2D eigenvalue weighted by molar-refractivity contribution is 6.31. The predicted molar refractivity (Wildman–Crippen MR) is 142 cm³/mol. The molecule has 3 aromatic rings. The van der Waals surface area contributed by atoms with E-state index in [9.17, 15) is 9.59 Å². The average molecular weight is 470 g/mol. The first kappa shape index (κ1) is 24.0. The minimum atomic E-state index is -1.58. The predicted octanol–water partition coefficient (Wildman–Crippen LogP) is 4.54. The van der Waals surface area contributed by atoms with Gasteiger partial charge in [0.2, 0.25) is 11.6 Å². The SMILES string of the molecule is CCN(CC)c1ccc(NC2(NC(C)=O)C(=O)N(c3ccccc3)N=C2c2ccccc2C)cc1. The van der Waals surface area contributed by atoms with Gasteiger partial charge in [-0.15, -0.1) is 0 Å². The van der Waals surface area contributed by atoms with Crippen molar-refractivity contribution in [3.8, 4) is 0 Å². The molecule has 1 aliphatic heterocycles. The summed E-state index contributed by atoms with van der Waals surface area (Å²) in [7, 11) is 0. The highest BCUT2D eigenvalue weighted by atomic mass is 16.2. The lowest BCUT2D eigenvalue weighted by molar-refractivity contribution is -0.127. The van der Waals surface area contributed by atoms with Crippen molar-refractivity contribution in [1.29, 1.82) is 0 Å². The van der Waals surface area contributed by atoms with E-state index in [4.69, 9.17) is 5.10 Å². The van der Waals surface area contributed by atoms with Crippen LogP contribution < -0.4 is 20.5 Å². The number of rotatable bonds is 8. The monoisotopic (exact) mass is 469 g/mol. The Labute approximate surface area is 206 Å². The molecule has 7 nitrogen and oxygen atoms in total. The van der Waals surface area contributed by atoms with Crippen LogP contribution in [0.2, 0.25) is 0 Å². The molecule has 0 aromatic heterocycles. The summed E-state index contributed by atoms with van der Waals surface area (Å²) in [5.74, 6) is -0.730. The summed E-state index contributed by atoms with van der Waals surface area (Å²) in [6, 6.07) is 24.8. The molecule has 2 amide bonds. The largest absolute Gasteiger partial charge is 0.372 e. The zero-order valence-corrected chi connectivity index (χ0v) is 20.6. The molecule has 1 aliphatic rings. The van der Waals surface area contributed by atoms with Gasteiger partial charge >= 0.3 is 5.91 Å². The van der Waals surface area contributed by atoms with Crippen LogP contribution >= 0.6 is 0 Å². The van der Waals surface area contributed by atoms with Gasteiger partial charge in [-0.3, -0.25) is 9.59 Å². The standard InChI is InChI=1S/C28H31N5O2/c1-5-32(6-2)23-18-16-22(17-19-23)30-28(29-21(4)34)26(25-15-11-10-12-20(25)3)31-33(27(28)35)24-13-8-7-9-14-24/h7-19,30H,5-6H2,1-4H3,(H,29,34). The molecule has 0 aliphatic carbocycles. The number of carbonyl (C=O) groups excluding carboxylic acids is 2. The van der Waals surface area contributed by atoms with Gasteiger partial charge in [0.05, 0.1) is 5.69 Å². The smallest absolute Gasteiger partial charge is 0.300 e. The van der Waals surface area contributed by atoms with Gasteiger partial charge in [-0.2, -0.15) is 10.1 Å². The van der Waals surface area contributed by atoms with E-state index in [0.717, 1.165) is 29.9 Å². The summed E-state index contributed by atoms with van der Waals surface area (Å²) in [5, 5.41) is 12.4. The molecule has 0 spiro atoms. The van der Waals surface area contributed by atoms with E-state index in [1.165, 1.54) is 11.9 Å². The molecule has 35 heavy (non-hydrogen) atoms.